The summed E-state index contributed by atoms with van der Waals surface area (Å²) in [5, 5.41) is 9.72. The highest BCUT2D eigenvalue weighted by Crippen LogP contribution is 2.28. The van der Waals surface area contributed by atoms with Crippen LogP contribution < -0.4 is 0 Å². The number of hydrogen-bond donors (Lipinski definition) is 1. The van der Waals surface area contributed by atoms with Gasteiger partial charge in [0.05, 0.1) is 22.7 Å². The summed E-state index contributed by atoms with van der Waals surface area (Å²) >= 11 is 1.67. The average molecular weight is 264 g/mol. The van der Waals surface area contributed by atoms with Crippen molar-refractivity contribution in [3.8, 4) is 0 Å². The van der Waals surface area contributed by atoms with Gasteiger partial charge in [0.15, 0.2) is 0 Å². The van der Waals surface area contributed by atoms with Crippen molar-refractivity contribution in [1.82, 2.24) is 9.88 Å². The molecule has 0 saturated carbocycles. The summed E-state index contributed by atoms with van der Waals surface area (Å²) in [7, 11) is 1.93. The predicted octanol–water partition coefficient (Wildman–Crippen LogP) is 2.76. The van der Waals surface area contributed by atoms with E-state index in [9.17, 15) is 4.79 Å². The summed E-state index contributed by atoms with van der Waals surface area (Å²) < 4.78 is 1.17. The molecule has 1 unspecified atom stereocenters. The molecule has 1 aromatic heterocycles. The molecule has 0 amide bonds. The molecule has 0 bridgehead atoms. The van der Waals surface area contributed by atoms with E-state index in [2.05, 4.69) is 18.0 Å². The number of para-hydroxylation sites is 1. The molecule has 0 radical (unpaired) electrons. The molecule has 2 aromatic rings. The van der Waals surface area contributed by atoms with Crippen molar-refractivity contribution >= 4 is 27.5 Å². The third kappa shape index (κ3) is 2.86. The molecule has 0 fully saturated rings. The fourth-order valence-electron chi connectivity index (χ4n) is 1.72. The van der Waals surface area contributed by atoms with Crippen LogP contribution in [-0.2, 0) is 4.79 Å². The van der Waals surface area contributed by atoms with E-state index < -0.39 is 5.97 Å². The molecule has 1 N–H and O–H groups in total. The number of aliphatic carboxylic acids is 1. The standard InChI is InChI=1S/C13H16N2O2S/c1-9(15(2)8-7-12(16)17)13-14-10-5-3-4-6-11(10)18-13/h3-6,9H,7-8H2,1-2H3,(H,16,17). The number of fused-ring (bicyclic) bond motifs is 1. The van der Waals surface area contributed by atoms with Gasteiger partial charge in [-0.1, -0.05) is 12.1 Å². The maximum absolute atomic E-state index is 10.6. The molecule has 5 heteroatoms. The molecule has 96 valence electrons. The first-order valence-electron chi connectivity index (χ1n) is 5.85. The lowest BCUT2D eigenvalue weighted by Gasteiger charge is -2.21. The van der Waals surface area contributed by atoms with Gasteiger partial charge in [-0.05, 0) is 26.1 Å². The van der Waals surface area contributed by atoms with Gasteiger partial charge in [-0.2, -0.15) is 0 Å². The van der Waals surface area contributed by atoms with E-state index in [1.165, 1.54) is 4.70 Å². The van der Waals surface area contributed by atoms with Gasteiger partial charge in [-0.3, -0.25) is 9.69 Å². The second-order valence-electron chi connectivity index (χ2n) is 4.32. The van der Waals surface area contributed by atoms with Crippen molar-refractivity contribution in [3.63, 3.8) is 0 Å². The number of nitrogens with zero attached hydrogens (tertiary/aromatic N) is 2. The van der Waals surface area contributed by atoms with Gasteiger partial charge >= 0.3 is 5.97 Å². The molecule has 1 aromatic carbocycles. The normalized spacial score (nSPS) is 13.1. The molecule has 1 atom stereocenters. The third-order valence-corrected chi connectivity index (χ3v) is 4.21. The van der Waals surface area contributed by atoms with E-state index in [0.29, 0.717) is 6.54 Å². The summed E-state index contributed by atoms with van der Waals surface area (Å²) in [4.78, 5) is 17.2. The van der Waals surface area contributed by atoms with Crippen molar-refractivity contribution in [1.29, 1.82) is 0 Å². The molecular weight excluding hydrogens is 248 g/mol. The predicted molar refractivity (Wildman–Crippen MR) is 72.9 cm³/mol. The first kappa shape index (κ1) is 13.0. The van der Waals surface area contributed by atoms with Crippen LogP contribution in [0, 0.1) is 0 Å². The Morgan fingerprint density at radius 3 is 2.89 bits per heavy atom. The van der Waals surface area contributed by atoms with Crippen LogP contribution in [0.1, 0.15) is 24.4 Å². The lowest BCUT2D eigenvalue weighted by molar-refractivity contribution is -0.137. The number of carbonyl (C=O) groups is 1. The summed E-state index contributed by atoms with van der Waals surface area (Å²) in [5.41, 5.74) is 1.01. The fourth-order valence-corrected chi connectivity index (χ4v) is 2.81. The number of benzene rings is 1. The number of aromatic nitrogens is 1. The van der Waals surface area contributed by atoms with Crippen LogP contribution in [0.2, 0.25) is 0 Å². The molecule has 2 rings (SSSR count). The molecule has 0 spiro atoms. The highest BCUT2D eigenvalue weighted by molar-refractivity contribution is 7.18. The van der Waals surface area contributed by atoms with Crippen LogP contribution in [0.4, 0.5) is 0 Å². The smallest absolute Gasteiger partial charge is 0.304 e. The van der Waals surface area contributed by atoms with Crippen molar-refractivity contribution in [2.75, 3.05) is 13.6 Å². The Hall–Kier alpha value is -1.46. The van der Waals surface area contributed by atoms with Gasteiger partial charge in [0.1, 0.15) is 5.01 Å². The van der Waals surface area contributed by atoms with Gasteiger partial charge in [0, 0.05) is 6.54 Å². The van der Waals surface area contributed by atoms with Crippen LogP contribution >= 0.6 is 11.3 Å². The molecule has 18 heavy (non-hydrogen) atoms. The SMILES string of the molecule is CC(c1nc2ccccc2s1)N(C)CCC(=O)O. The minimum absolute atomic E-state index is 0.141. The lowest BCUT2D eigenvalue weighted by Crippen LogP contribution is -2.25. The number of carboxylic acids is 1. The first-order valence-corrected chi connectivity index (χ1v) is 6.67. The Balaban J connectivity index is 2.12. The highest BCUT2D eigenvalue weighted by Gasteiger charge is 2.16. The van der Waals surface area contributed by atoms with Gasteiger partial charge < -0.3 is 5.11 Å². The van der Waals surface area contributed by atoms with Gasteiger partial charge in [0.2, 0.25) is 0 Å². The largest absolute Gasteiger partial charge is 0.481 e. The number of carboxylic acid groups (broad SMARTS) is 1. The Kier molecular flexibility index (Phi) is 3.93. The Labute approximate surface area is 110 Å². The monoisotopic (exact) mass is 264 g/mol. The Morgan fingerprint density at radius 2 is 2.22 bits per heavy atom. The first-order chi connectivity index (χ1) is 8.58. The zero-order chi connectivity index (χ0) is 13.1. The van der Waals surface area contributed by atoms with Gasteiger partial charge in [-0.25, -0.2) is 4.98 Å². The summed E-state index contributed by atoms with van der Waals surface area (Å²) in [5.74, 6) is -0.765. The van der Waals surface area contributed by atoms with Gasteiger partial charge in [-0.15, -0.1) is 11.3 Å². The maximum atomic E-state index is 10.6. The number of rotatable bonds is 5. The van der Waals surface area contributed by atoms with Crippen LogP contribution in [0.5, 0.6) is 0 Å². The second-order valence-corrected chi connectivity index (χ2v) is 5.38. The average Bonchev–Trinajstić information content (AvgIpc) is 2.78. The van der Waals surface area contributed by atoms with Crippen LogP contribution in [-0.4, -0.2) is 34.6 Å². The number of thiazole rings is 1. The fraction of sp³-hybridized carbons (Fsp3) is 0.385. The van der Waals surface area contributed by atoms with Crippen molar-refractivity contribution in [3.05, 3.63) is 29.3 Å². The molecule has 0 aliphatic rings. The van der Waals surface area contributed by atoms with E-state index in [0.717, 1.165) is 10.5 Å². The number of hydrogen-bond acceptors (Lipinski definition) is 4. The second kappa shape index (κ2) is 5.46. The molecule has 0 saturated heterocycles. The zero-order valence-corrected chi connectivity index (χ0v) is 11.3. The van der Waals surface area contributed by atoms with Crippen molar-refractivity contribution in [2.24, 2.45) is 0 Å². The minimum Gasteiger partial charge on any atom is -0.481 e. The Morgan fingerprint density at radius 1 is 1.50 bits per heavy atom. The van der Waals surface area contributed by atoms with E-state index >= 15 is 0 Å². The van der Waals surface area contributed by atoms with E-state index in [1.54, 1.807) is 11.3 Å². The van der Waals surface area contributed by atoms with E-state index in [-0.39, 0.29) is 12.5 Å². The Bertz CT molecular complexity index is 520. The van der Waals surface area contributed by atoms with Crippen molar-refractivity contribution in [2.45, 2.75) is 19.4 Å². The summed E-state index contributed by atoms with van der Waals surface area (Å²) in [6.45, 7) is 2.59. The molecule has 1 heterocycles. The van der Waals surface area contributed by atoms with E-state index in [1.807, 2.05) is 30.1 Å². The van der Waals surface area contributed by atoms with Crippen molar-refractivity contribution < 1.29 is 9.90 Å². The zero-order valence-electron chi connectivity index (χ0n) is 10.5. The third-order valence-electron chi connectivity index (χ3n) is 3.01. The highest BCUT2D eigenvalue weighted by atomic mass is 32.1. The van der Waals surface area contributed by atoms with Crippen LogP contribution in [0.15, 0.2) is 24.3 Å². The van der Waals surface area contributed by atoms with E-state index in [4.69, 9.17) is 5.11 Å². The summed E-state index contributed by atoms with van der Waals surface area (Å²) in [6, 6.07) is 8.18. The minimum atomic E-state index is -0.765. The lowest BCUT2D eigenvalue weighted by atomic mass is 10.3. The molecule has 0 aliphatic heterocycles. The maximum Gasteiger partial charge on any atom is 0.304 e. The topological polar surface area (TPSA) is 53.4 Å². The molecule has 0 aliphatic carbocycles. The van der Waals surface area contributed by atoms with Crippen LogP contribution in [0.3, 0.4) is 0 Å². The quantitative estimate of drug-likeness (QED) is 0.902. The molecular formula is C13H16N2O2S. The summed E-state index contributed by atoms with van der Waals surface area (Å²) in [6.07, 6.45) is 0.158. The molecule has 4 nitrogen and oxygen atoms in total. The van der Waals surface area contributed by atoms with Gasteiger partial charge in [0.25, 0.3) is 0 Å². The van der Waals surface area contributed by atoms with Crippen LogP contribution in [0.25, 0.3) is 10.2 Å².